The lowest BCUT2D eigenvalue weighted by molar-refractivity contribution is -0.384. The van der Waals surface area contributed by atoms with E-state index in [-0.39, 0.29) is 29.4 Å². The number of para-hydroxylation sites is 1. The van der Waals surface area contributed by atoms with Gasteiger partial charge in [0.25, 0.3) is 5.69 Å². The molecule has 31 heavy (non-hydrogen) atoms. The highest BCUT2D eigenvalue weighted by Gasteiger charge is 2.20. The third kappa shape index (κ3) is 4.07. The summed E-state index contributed by atoms with van der Waals surface area (Å²) >= 11 is 0. The molecule has 10 heteroatoms. The van der Waals surface area contributed by atoms with Crippen molar-refractivity contribution in [3.63, 3.8) is 0 Å². The maximum atomic E-state index is 13.1. The number of nitrogens with one attached hydrogen (secondary N) is 3. The van der Waals surface area contributed by atoms with Crippen molar-refractivity contribution in [3.05, 3.63) is 93.4 Å². The van der Waals surface area contributed by atoms with Gasteiger partial charge in [-0.25, -0.2) is 15.4 Å². The molecule has 0 aliphatic heterocycles. The van der Waals surface area contributed by atoms with Crippen LogP contribution < -0.4 is 10.9 Å². The van der Waals surface area contributed by atoms with Crippen LogP contribution in [0.15, 0.2) is 60.9 Å². The molecule has 2 aromatic heterocycles. The number of carbonyl (C=O) groups is 1. The largest absolute Gasteiger partial charge is 0.360 e. The highest BCUT2D eigenvalue weighted by molar-refractivity contribution is 6.16. The zero-order valence-electron chi connectivity index (χ0n) is 16.0. The second-order valence-electron chi connectivity index (χ2n) is 6.55. The van der Waals surface area contributed by atoms with E-state index in [0.29, 0.717) is 11.1 Å². The lowest BCUT2D eigenvalue weighted by Gasteiger charge is -2.09. The number of hydrazine groups is 1. The lowest BCUT2D eigenvalue weighted by atomic mass is 10.0. The third-order valence-corrected chi connectivity index (χ3v) is 4.57. The Labute approximate surface area is 175 Å². The Morgan fingerprint density at radius 3 is 2.87 bits per heavy atom. The predicted octanol–water partition coefficient (Wildman–Crippen LogP) is 3.09. The molecule has 2 aromatic carbocycles. The normalized spacial score (nSPS) is 10.5. The smallest absolute Gasteiger partial charge is 0.269 e. The molecule has 0 amide bonds. The number of non-ortho nitro benzene ring substituents is 1. The molecule has 0 spiro atoms. The van der Waals surface area contributed by atoms with Gasteiger partial charge in [-0.3, -0.25) is 20.3 Å². The van der Waals surface area contributed by atoms with Gasteiger partial charge in [0.15, 0.2) is 0 Å². The number of nitro benzene ring substituents is 1. The van der Waals surface area contributed by atoms with Gasteiger partial charge in [-0.1, -0.05) is 30.3 Å². The van der Waals surface area contributed by atoms with E-state index in [1.807, 2.05) is 30.3 Å². The summed E-state index contributed by atoms with van der Waals surface area (Å²) in [4.78, 5) is 34.8. The molecule has 0 saturated heterocycles. The SMILES string of the molecule is N#Cc1cnc(NNCc2cccc([N+](=O)[O-])c2)nc1C(=O)c1c[nH]c2ccccc12. The second-order valence-corrected chi connectivity index (χ2v) is 6.55. The number of nitro groups is 1. The van der Waals surface area contributed by atoms with Crippen molar-refractivity contribution in [3.8, 4) is 6.07 Å². The average Bonchev–Trinajstić information content (AvgIpc) is 3.23. The third-order valence-electron chi connectivity index (χ3n) is 4.57. The summed E-state index contributed by atoms with van der Waals surface area (Å²) in [7, 11) is 0. The molecule has 4 rings (SSSR count). The summed E-state index contributed by atoms with van der Waals surface area (Å²) in [5.41, 5.74) is 7.51. The van der Waals surface area contributed by atoms with Crippen molar-refractivity contribution in [2.75, 3.05) is 5.43 Å². The number of fused-ring (bicyclic) bond motifs is 1. The van der Waals surface area contributed by atoms with Crippen molar-refractivity contribution in [2.45, 2.75) is 6.54 Å². The molecule has 4 aromatic rings. The van der Waals surface area contributed by atoms with E-state index in [1.54, 1.807) is 18.3 Å². The maximum absolute atomic E-state index is 13.1. The molecule has 0 saturated carbocycles. The summed E-state index contributed by atoms with van der Waals surface area (Å²) in [5, 5.41) is 21.0. The van der Waals surface area contributed by atoms with Crippen LogP contribution in [-0.2, 0) is 6.54 Å². The number of hydrogen-bond donors (Lipinski definition) is 3. The fraction of sp³-hybridized carbons (Fsp3) is 0.0476. The Kier molecular flexibility index (Phi) is 5.33. The van der Waals surface area contributed by atoms with Crippen molar-refractivity contribution in [1.82, 2.24) is 20.4 Å². The molecule has 0 aliphatic carbocycles. The number of aromatic nitrogens is 3. The van der Waals surface area contributed by atoms with Crippen LogP contribution in [0.3, 0.4) is 0 Å². The molecule has 2 heterocycles. The first-order valence-corrected chi connectivity index (χ1v) is 9.17. The Bertz CT molecular complexity index is 1340. The fourth-order valence-corrected chi connectivity index (χ4v) is 3.09. The summed E-state index contributed by atoms with van der Waals surface area (Å²) in [6, 6.07) is 15.5. The van der Waals surface area contributed by atoms with Gasteiger partial charge >= 0.3 is 0 Å². The first-order valence-electron chi connectivity index (χ1n) is 9.17. The molecule has 10 nitrogen and oxygen atoms in total. The molecular weight excluding hydrogens is 398 g/mol. The zero-order chi connectivity index (χ0) is 21.8. The molecule has 0 aliphatic rings. The first kappa shape index (κ1) is 19.7. The molecule has 0 fully saturated rings. The van der Waals surface area contributed by atoms with Gasteiger partial charge in [0.1, 0.15) is 17.3 Å². The van der Waals surface area contributed by atoms with Gasteiger partial charge in [-0.2, -0.15) is 5.26 Å². The number of nitrogens with zero attached hydrogens (tertiary/aromatic N) is 4. The minimum Gasteiger partial charge on any atom is -0.360 e. The average molecular weight is 413 g/mol. The van der Waals surface area contributed by atoms with Crippen LogP contribution in [-0.4, -0.2) is 25.7 Å². The van der Waals surface area contributed by atoms with Crippen LogP contribution in [0.1, 0.15) is 27.2 Å². The van der Waals surface area contributed by atoms with E-state index < -0.39 is 10.7 Å². The fourth-order valence-electron chi connectivity index (χ4n) is 3.09. The minimum atomic E-state index is -0.469. The number of nitriles is 1. The molecule has 0 atom stereocenters. The highest BCUT2D eigenvalue weighted by atomic mass is 16.6. The summed E-state index contributed by atoms with van der Waals surface area (Å²) in [6.45, 7) is 0.247. The van der Waals surface area contributed by atoms with Gasteiger partial charge < -0.3 is 4.98 Å². The molecule has 0 unspecified atom stereocenters. The van der Waals surface area contributed by atoms with Crippen molar-refractivity contribution in [2.24, 2.45) is 0 Å². The van der Waals surface area contributed by atoms with Gasteiger partial charge in [-0.15, -0.1) is 0 Å². The highest BCUT2D eigenvalue weighted by Crippen LogP contribution is 2.22. The van der Waals surface area contributed by atoms with Crippen LogP contribution in [0.2, 0.25) is 0 Å². The zero-order valence-corrected chi connectivity index (χ0v) is 16.0. The Morgan fingerprint density at radius 1 is 1.23 bits per heavy atom. The van der Waals surface area contributed by atoms with Crippen LogP contribution in [0, 0.1) is 21.4 Å². The van der Waals surface area contributed by atoms with E-state index >= 15 is 0 Å². The monoisotopic (exact) mass is 413 g/mol. The van der Waals surface area contributed by atoms with E-state index in [9.17, 15) is 20.2 Å². The Balaban J connectivity index is 1.54. The first-order chi connectivity index (χ1) is 15.1. The lowest BCUT2D eigenvalue weighted by Crippen LogP contribution is -2.23. The number of ketones is 1. The van der Waals surface area contributed by atoms with E-state index in [0.717, 1.165) is 10.9 Å². The van der Waals surface area contributed by atoms with Gasteiger partial charge in [0, 0.05) is 41.3 Å². The quantitative estimate of drug-likeness (QED) is 0.238. The van der Waals surface area contributed by atoms with Crippen LogP contribution >= 0.6 is 0 Å². The van der Waals surface area contributed by atoms with Crippen LogP contribution in [0.5, 0.6) is 0 Å². The minimum absolute atomic E-state index is 0.0134. The maximum Gasteiger partial charge on any atom is 0.269 e. The summed E-state index contributed by atoms with van der Waals surface area (Å²) < 4.78 is 0. The number of aromatic amines is 1. The van der Waals surface area contributed by atoms with Crippen LogP contribution in [0.4, 0.5) is 11.6 Å². The van der Waals surface area contributed by atoms with Gasteiger partial charge in [0.2, 0.25) is 11.7 Å². The number of rotatable bonds is 7. The van der Waals surface area contributed by atoms with Crippen molar-refractivity contribution in [1.29, 1.82) is 5.26 Å². The molecule has 0 bridgehead atoms. The summed E-state index contributed by atoms with van der Waals surface area (Å²) in [5.74, 6) is -0.314. The van der Waals surface area contributed by atoms with Gasteiger partial charge in [-0.05, 0) is 11.6 Å². The molecule has 3 N–H and O–H groups in total. The van der Waals surface area contributed by atoms with Crippen molar-refractivity contribution >= 4 is 28.3 Å². The van der Waals surface area contributed by atoms with E-state index in [4.69, 9.17) is 0 Å². The van der Waals surface area contributed by atoms with Crippen LogP contribution in [0.25, 0.3) is 10.9 Å². The van der Waals surface area contributed by atoms with E-state index in [1.165, 1.54) is 18.3 Å². The number of H-pyrrole nitrogens is 1. The Morgan fingerprint density at radius 2 is 2.06 bits per heavy atom. The van der Waals surface area contributed by atoms with E-state index in [2.05, 4.69) is 25.8 Å². The standard InChI is InChI=1S/C21H15N7O3/c22-9-14-11-24-21(27-25-10-13-4-3-5-15(8-13)28(30)31)26-19(14)20(29)17-12-23-18-7-2-1-6-16(17)18/h1-8,11-12,23,25H,10H2,(H,24,26,27). The number of benzene rings is 2. The number of carbonyl (C=O) groups excluding carboxylic acids is 1. The molecular formula is C21H15N7O3. The Hall–Kier alpha value is -4.62. The number of hydrogen-bond acceptors (Lipinski definition) is 8. The second kappa shape index (κ2) is 8.40. The predicted molar refractivity (Wildman–Crippen MR) is 112 cm³/mol. The summed E-state index contributed by atoms with van der Waals surface area (Å²) in [6.07, 6.45) is 2.86. The van der Waals surface area contributed by atoms with Crippen molar-refractivity contribution < 1.29 is 9.72 Å². The van der Waals surface area contributed by atoms with Gasteiger partial charge in [0.05, 0.1) is 11.1 Å². The number of anilines is 1. The molecule has 152 valence electrons. The topological polar surface area (TPSA) is 150 Å². The molecule has 0 radical (unpaired) electrons.